The average Bonchev–Trinajstić information content (AvgIpc) is 2.72. The average molecular weight is 509 g/mol. The van der Waals surface area contributed by atoms with Crippen LogP contribution >= 0.6 is 23.2 Å². The molecule has 2 atom stereocenters. The number of benzene rings is 2. The maximum absolute atomic E-state index is 13.5. The molecule has 1 aliphatic heterocycles. The van der Waals surface area contributed by atoms with Crippen molar-refractivity contribution in [2.45, 2.75) is 55.4 Å². The molecule has 1 heterocycles. The molecule has 7 nitrogen and oxygen atoms in total. The third kappa shape index (κ3) is 4.19. The molecule has 10 heteroatoms. The highest BCUT2D eigenvalue weighted by Gasteiger charge is 2.69. The lowest BCUT2D eigenvalue weighted by molar-refractivity contribution is -0.156. The maximum atomic E-state index is 13.5. The van der Waals surface area contributed by atoms with Gasteiger partial charge in [0.05, 0.1) is 10.6 Å². The van der Waals surface area contributed by atoms with Crippen molar-refractivity contribution in [2.75, 3.05) is 6.61 Å². The molecule has 3 saturated carbocycles. The van der Waals surface area contributed by atoms with Crippen molar-refractivity contribution in [1.82, 2.24) is 10.6 Å². The van der Waals surface area contributed by atoms with Gasteiger partial charge in [-0.25, -0.2) is 4.39 Å². The molecule has 4 aliphatic rings. The first-order chi connectivity index (χ1) is 16.0. The van der Waals surface area contributed by atoms with Crippen molar-refractivity contribution in [1.29, 1.82) is 0 Å². The Kier molecular flexibility index (Phi) is 5.46. The molecule has 0 spiro atoms. The molecule has 2 amide bonds. The van der Waals surface area contributed by atoms with E-state index in [1.165, 1.54) is 12.1 Å². The number of amides is 2. The van der Waals surface area contributed by atoms with Crippen molar-refractivity contribution in [3.63, 3.8) is 0 Å². The van der Waals surface area contributed by atoms with E-state index in [1.54, 1.807) is 25.1 Å². The number of rotatable bonds is 6. The molecule has 180 valence electrons. The molecule has 3 N–H and O–H groups in total. The van der Waals surface area contributed by atoms with E-state index in [-0.39, 0.29) is 46.7 Å². The molecular weight excluding hydrogens is 486 g/mol. The number of ether oxygens (including phenoxy) is 2. The standard InChI is InChI=1S/C24H23Cl2FN2O5/c1-22(32)8-19(34-18-5-2-13(25)6-15(18)22)21(31)29-24-10-23(11-24,12-24)28-20(30)9-33-14-3-4-16(26)17(27)7-14/h2-7,19,32H,8-12H2,1H3,(H,28,30)(H,29,31)/t19-,22-,23?,24?/m0/s1. The van der Waals surface area contributed by atoms with E-state index >= 15 is 0 Å². The van der Waals surface area contributed by atoms with Crippen LogP contribution < -0.4 is 20.1 Å². The zero-order valence-electron chi connectivity index (χ0n) is 18.3. The van der Waals surface area contributed by atoms with Crippen molar-refractivity contribution < 1.29 is 28.6 Å². The Labute approximate surface area is 205 Å². The van der Waals surface area contributed by atoms with Crippen LogP contribution in [0.3, 0.4) is 0 Å². The van der Waals surface area contributed by atoms with Crippen LogP contribution in [-0.2, 0) is 15.2 Å². The predicted octanol–water partition coefficient (Wildman–Crippen LogP) is 3.48. The first-order valence-corrected chi connectivity index (χ1v) is 11.6. The minimum Gasteiger partial charge on any atom is -0.484 e. The van der Waals surface area contributed by atoms with Crippen LogP contribution in [0.1, 0.15) is 38.2 Å². The summed E-state index contributed by atoms with van der Waals surface area (Å²) in [7, 11) is 0. The Morgan fingerprint density at radius 2 is 1.85 bits per heavy atom. The van der Waals surface area contributed by atoms with Gasteiger partial charge in [-0.2, -0.15) is 0 Å². The predicted molar refractivity (Wildman–Crippen MR) is 123 cm³/mol. The minimum atomic E-state index is -1.25. The van der Waals surface area contributed by atoms with Gasteiger partial charge in [0.2, 0.25) is 0 Å². The molecule has 0 saturated heterocycles. The Hall–Kier alpha value is -2.55. The molecular formula is C24H23Cl2FN2O5. The fraction of sp³-hybridized carbons (Fsp3) is 0.417. The lowest BCUT2D eigenvalue weighted by Gasteiger charge is -2.70. The van der Waals surface area contributed by atoms with Crippen molar-refractivity contribution in [3.8, 4) is 11.5 Å². The van der Waals surface area contributed by atoms with Gasteiger partial charge in [-0.3, -0.25) is 9.59 Å². The molecule has 0 aromatic heterocycles. The van der Waals surface area contributed by atoms with Gasteiger partial charge in [0.1, 0.15) is 17.3 Å². The van der Waals surface area contributed by atoms with Crippen LogP contribution in [0.2, 0.25) is 10.0 Å². The van der Waals surface area contributed by atoms with Crippen LogP contribution in [-0.4, -0.2) is 40.7 Å². The summed E-state index contributed by atoms with van der Waals surface area (Å²) in [6.07, 6.45) is 1.07. The highest BCUT2D eigenvalue weighted by molar-refractivity contribution is 6.31. The number of nitrogens with one attached hydrogen (secondary N) is 2. The second-order valence-corrected chi connectivity index (χ2v) is 10.6. The van der Waals surface area contributed by atoms with E-state index in [4.69, 9.17) is 32.7 Å². The Morgan fingerprint density at radius 1 is 1.15 bits per heavy atom. The largest absolute Gasteiger partial charge is 0.484 e. The molecule has 6 rings (SSSR count). The monoisotopic (exact) mass is 508 g/mol. The second kappa shape index (κ2) is 8.00. The van der Waals surface area contributed by atoms with Gasteiger partial charge < -0.3 is 25.2 Å². The summed E-state index contributed by atoms with van der Waals surface area (Å²) < 4.78 is 24.7. The first-order valence-electron chi connectivity index (χ1n) is 10.9. The zero-order valence-corrected chi connectivity index (χ0v) is 19.8. The van der Waals surface area contributed by atoms with E-state index in [0.29, 0.717) is 35.6 Å². The molecule has 34 heavy (non-hydrogen) atoms. The number of fused-ring (bicyclic) bond motifs is 1. The van der Waals surface area contributed by atoms with Gasteiger partial charge in [-0.1, -0.05) is 23.2 Å². The van der Waals surface area contributed by atoms with E-state index in [1.807, 2.05) is 0 Å². The number of hydrogen-bond donors (Lipinski definition) is 3. The van der Waals surface area contributed by atoms with Gasteiger partial charge >= 0.3 is 0 Å². The summed E-state index contributed by atoms with van der Waals surface area (Å²) in [4.78, 5) is 25.2. The smallest absolute Gasteiger partial charge is 0.261 e. The van der Waals surface area contributed by atoms with Crippen LogP contribution in [0.15, 0.2) is 36.4 Å². The Balaban J connectivity index is 1.12. The van der Waals surface area contributed by atoms with Gasteiger partial charge in [0.15, 0.2) is 12.7 Å². The van der Waals surface area contributed by atoms with Gasteiger partial charge in [-0.15, -0.1) is 0 Å². The topological polar surface area (TPSA) is 96.9 Å². The van der Waals surface area contributed by atoms with Crippen LogP contribution in [0.25, 0.3) is 0 Å². The lowest BCUT2D eigenvalue weighted by atomic mass is 9.44. The highest BCUT2D eigenvalue weighted by atomic mass is 35.5. The van der Waals surface area contributed by atoms with Gasteiger partial charge in [0, 0.05) is 34.2 Å². The number of carbonyl (C=O) groups is 2. The molecule has 0 radical (unpaired) electrons. The van der Waals surface area contributed by atoms with E-state index in [2.05, 4.69) is 10.6 Å². The van der Waals surface area contributed by atoms with E-state index in [0.717, 1.165) is 6.07 Å². The highest BCUT2D eigenvalue weighted by Crippen LogP contribution is 2.60. The normalized spacial score (nSPS) is 30.7. The quantitative estimate of drug-likeness (QED) is 0.554. The molecule has 0 unspecified atom stereocenters. The van der Waals surface area contributed by atoms with Crippen molar-refractivity contribution >= 4 is 35.0 Å². The van der Waals surface area contributed by atoms with Crippen LogP contribution in [0.4, 0.5) is 4.39 Å². The van der Waals surface area contributed by atoms with E-state index in [9.17, 15) is 19.1 Å². The number of hydrogen-bond acceptors (Lipinski definition) is 5. The summed E-state index contributed by atoms with van der Waals surface area (Å²) in [5, 5.41) is 17.3. The second-order valence-electron chi connectivity index (χ2n) is 9.72. The summed E-state index contributed by atoms with van der Waals surface area (Å²) >= 11 is 11.7. The summed E-state index contributed by atoms with van der Waals surface area (Å²) in [5.74, 6) is -0.591. The third-order valence-electron chi connectivity index (χ3n) is 6.75. The van der Waals surface area contributed by atoms with Crippen LogP contribution in [0.5, 0.6) is 11.5 Å². The lowest BCUT2D eigenvalue weighted by Crippen LogP contribution is -2.84. The third-order valence-corrected chi connectivity index (χ3v) is 7.29. The molecule has 2 aromatic rings. The number of carbonyl (C=O) groups excluding carboxylic acids is 2. The fourth-order valence-electron chi connectivity index (χ4n) is 5.28. The van der Waals surface area contributed by atoms with Gasteiger partial charge in [0.25, 0.3) is 11.8 Å². The molecule has 2 bridgehead atoms. The molecule has 3 aliphatic carbocycles. The number of aliphatic hydroxyl groups is 1. The maximum Gasteiger partial charge on any atom is 0.261 e. The summed E-state index contributed by atoms with van der Waals surface area (Å²) in [5.41, 5.74) is -1.46. The Bertz CT molecular complexity index is 1170. The fourth-order valence-corrected chi connectivity index (χ4v) is 5.57. The SMILES string of the molecule is C[C@]1(O)C[C@@H](C(=O)NC23CC(NC(=O)COc4ccc(Cl)c(F)c4)(C2)C3)Oc2ccc(Cl)cc21. The minimum absolute atomic E-state index is 0.0196. The summed E-state index contributed by atoms with van der Waals surface area (Å²) in [6, 6.07) is 8.92. The Morgan fingerprint density at radius 3 is 2.56 bits per heavy atom. The van der Waals surface area contributed by atoms with Gasteiger partial charge in [-0.05, 0) is 56.5 Å². The summed E-state index contributed by atoms with van der Waals surface area (Å²) in [6.45, 7) is 1.38. The van der Waals surface area contributed by atoms with Crippen molar-refractivity contribution in [2.24, 2.45) is 0 Å². The first kappa shape index (κ1) is 23.2. The molecule has 3 fully saturated rings. The number of halogens is 3. The van der Waals surface area contributed by atoms with Crippen LogP contribution in [0, 0.1) is 5.82 Å². The zero-order chi connectivity index (χ0) is 24.3. The molecule has 2 aromatic carbocycles. The van der Waals surface area contributed by atoms with E-state index < -0.39 is 17.5 Å². The van der Waals surface area contributed by atoms with Crippen molar-refractivity contribution in [3.05, 3.63) is 57.8 Å².